The van der Waals surface area contributed by atoms with Crippen molar-refractivity contribution in [2.24, 2.45) is 0 Å². The third-order valence-corrected chi connectivity index (χ3v) is 6.15. The van der Waals surface area contributed by atoms with Crippen molar-refractivity contribution < 1.29 is 22.7 Å². The highest BCUT2D eigenvalue weighted by Crippen LogP contribution is 2.44. The number of amides is 1. The van der Waals surface area contributed by atoms with E-state index < -0.39 is 11.7 Å². The van der Waals surface area contributed by atoms with Crippen LogP contribution in [0.5, 0.6) is 5.75 Å². The third kappa shape index (κ3) is 3.66. The molecule has 3 aromatic rings. The lowest BCUT2D eigenvalue weighted by Gasteiger charge is -2.42. The van der Waals surface area contributed by atoms with Crippen molar-refractivity contribution in [3.63, 3.8) is 0 Å². The van der Waals surface area contributed by atoms with E-state index in [0.717, 1.165) is 25.1 Å². The van der Waals surface area contributed by atoms with E-state index in [0.29, 0.717) is 24.5 Å². The highest BCUT2D eigenvalue weighted by molar-refractivity contribution is 5.97. The number of aromatic nitrogens is 4. The van der Waals surface area contributed by atoms with Crippen LogP contribution in [0.4, 0.5) is 19.0 Å². The van der Waals surface area contributed by atoms with Crippen molar-refractivity contribution in [3.05, 3.63) is 60.2 Å². The molecule has 8 nitrogen and oxygen atoms in total. The van der Waals surface area contributed by atoms with Crippen LogP contribution in [-0.4, -0.2) is 62.8 Å². The number of rotatable bonds is 4. The number of nitrogens with zero attached hydrogens (tertiary/aromatic N) is 6. The van der Waals surface area contributed by atoms with Crippen LogP contribution >= 0.6 is 0 Å². The topological polar surface area (TPSA) is 76.4 Å². The summed E-state index contributed by atoms with van der Waals surface area (Å²) in [5, 5.41) is 4.18. The average molecular weight is 458 g/mol. The maximum Gasteiger partial charge on any atom is 0.420 e. The van der Waals surface area contributed by atoms with Gasteiger partial charge in [-0.2, -0.15) is 18.3 Å². The van der Waals surface area contributed by atoms with Gasteiger partial charge in [0.2, 0.25) is 0 Å². The van der Waals surface area contributed by atoms with E-state index in [2.05, 4.69) is 15.1 Å². The molecular formula is C22H21F3N6O2. The van der Waals surface area contributed by atoms with Crippen LogP contribution in [0.2, 0.25) is 0 Å². The highest BCUT2D eigenvalue weighted by atomic mass is 19.4. The molecule has 1 amide bonds. The first-order valence-electron chi connectivity index (χ1n) is 10.5. The Bertz CT molecular complexity index is 1150. The lowest BCUT2D eigenvalue weighted by molar-refractivity contribution is -0.138. The van der Waals surface area contributed by atoms with Crippen molar-refractivity contribution in [2.45, 2.75) is 31.1 Å². The Hall–Kier alpha value is -3.63. The Morgan fingerprint density at radius 1 is 1.03 bits per heavy atom. The molecule has 33 heavy (non-hydrogen) atoms. The molecule has 172 valence electrons. The van der Waals surface area contributed by atoms with Crippen LogP contribution in [0.3, 0.4) is 0 Å². The van der Waals surface area contributed by atoms with Crippen molar-refractivity contribution in [3.8, 4) is 11.6 Å². The van der Waals surface area contributed by atoms with Gasteiger partial charge in [0.25, 0.3) is 5.91 Å². The number of pyridine rings is 2. The van der Waals surface area contributed by atoms with Gasteiger partial charge in [-0.05, 0) is 37.1 Å². The first kappa shape index (κ1) is 21.2. The summed E-state index contributed by atoms with van der Waals surface area (Å²) in [6.45, 7) is 0.730. The number of fused-ring (bicyclic) bond motifs is 2. The fraction of sp³-hybridized carbons (Fsp3) is 0.364. The Balaban J connectivity index is 1.44. The molecule has 0 aliphatic carbocycles. The van der Waals surface area contributed by atoms with Crippen LogP contribution in [-0.2, 0) is 6.18 Å². The standard InChI is InChI=1S/C22H21F3N6O2/c1-33-18-17(22(23,24)25)7-10-27-20(18)31-14-5-6-15(31)13-29(12-14)21(32)16-4-2-8-26-19(16)30-11-3-9-28-30/h2-4,7-11,14-15H,5-6,12-13H2,1H3. The quantitative estimate of drug-likeness (QED) is 0.598. The second-order valence-corrected chi connectivity index (χ2v) is 8.04. The maximum absolute atomic E-state index is 13.5. The van der Waals surface area contributed by atoms with E-state index in [1.807, 2.05) is 4.90 Å². The smallest absolute Gasteiger partial charge is 0.420 e. The number of carbonyl (C=O) groups excluding carboxylic acids is 1. The van der Waals surface area contributed by atoms with E-state index in [-0.39, 0.29) is 29.6 Å². The number of anilines is 1. The number of ether oxygens (including phenoxy) is 1. The molecule has 0 aromatic carbocycles. The van der Waals surface area contributed by atoms with Crippen LogP contribution < -0.4 is 9.64 Å². The Morgan fingerprint density at radius 3 is 2.39 bits per heavy atom. The Kier molecular flexibility index (Phi) is 5.18. The molecule has 2 fully saturated rings. The summed E-state index contributed by atoms with van der Waals surface area (Å²) in [6, 6.07) is 5.74. The van der Waals surface area contributed by atoms with Crippen molar-refractivity contribution in [1.82, 2.24) is 24.6 Å². The number of halogens is 3. The summed E-state index contributed by atoms with van der Waals surface area (Å²) in [7, 11) is 1.22. The molecule has 0 radical (unpaired) electrons. The molecule has 2 aliphatic rings. The van der Waals surface area contributed by atoms with Gasteiger partial charge >= 0.3 is 6.18 Å². The molecule has 2 unspecified atom stereocenters. The molecule has 11 heteroatoms. The summed E-state index contributed by atoms with van der Waals surface area (Å²) in [5.41, 5.74) is -0.434. The molecule has 2 aliphatic heterocycles. The first-order chi connectivity index (χ1) is 15.9. The molecule has 2 atom stereocenters. The minimum atomic E-state index is -4.55. The molecule has 5 heterocycles. The molecule has 0 spiro atoms. The number of hydrogen-bond acceptors (Lipinski definition) is 6. The third-order valence-electron chi connectivity index (χ3n) is 6.15. The van der Waals surface area contributed by atoms with Gasteiger partial charge in [0, 0.05) is 50.0 Å². The van der Waals surface area contributed by atoms with Crippen LogP contribution in [0.1, 0.15) is 28.8 Å². The highest BCUT2D eigenvalue weighted by Gasteiger charge is 2.45. The van der Waals surface area contributed by atoms with E-state index in [4.69, 9.17) is 4.74 Å². The largest absolute Gasteiger partial charge is 0.492 e. The molecule has 3 aromatic heterocycles. The number of carbonyl (C=O) groups is 1. The lowest BCUT2D eigenvalue weighted by Crippen LogP contribution is -2.56. The van der Waals surface area contributed by atoms with Gasteiger partial charge in [0.1, 0.15) is 5.56 Å². The van der Waals surface area contributed by atoms with Gasteiger partial charge < -0.3 is 14.5 Å². The predicted octanol–water partition coefficient (Wildman–Crippen LogP) is 3.18. The Labute approximate surface area is 187 Å². The maximum atomic E-state index is 13.5. The van der Waals surface area contributed by atoms with Gasteiger partial charge in [-0.1, -0.05) is 0 Å². The van der Waals surface area contributed by atoms with E-state index in [1.54, 1.807) is 41.7 Å². The molecule has 5 rings (SSSR count). The number of methoxy groups -OCH3 is 1. The normalized spacial score (nSPS) is 20.2. The van der Waals surface area contributed by atoms with Crippen molar-refractivity contribution in [2.75, 3.05) is 25.1 Å². The van der Waals surface area contributed by atoms with Gasteiger partial charge in [0.15, 0.2) is 17.4 Å². The van der Waals surface area contributed by atoms with Gasteiger partial charge in [-0.25, -0.2) is 14.6 Å². The summed E-state index contributed by atoms with van der Waals surface area (Å²) in [4.78, 5) is 25.6. The summed E-state index contributed by atoms with van der Waals surface area (Å²) in [5.74, 6) is 0.137. The number of alkyl halides is 3. The minimum absolute atomic E-state index is 0.164. The van der Waals surface area contributed by atoms with Crippen LogP contribution in [0.25, 0.3) is 5.82 Å². The van der Waals surface area contributed by atoms with Crippen LogP contribution in [0.15, 0.2) is 49.1 Å². The zero-order valence-electron chi connectivity index (χ0n) is 17.7. The fourth-order valence-corrected chi connectivity index (χ4v) is 4.77. The molecule has 0 saturated carbocycles. The van der Waals surface area contributed by atoms with Crippen LogP contribution in [0, 0.1) is 0 Å². The number of hydrogen-bond donors (Lipinski definition) is 0. The SMILES string of the molecule is COc1c(C(F)(F)F)ccnc1N1C2CCC1CN(C(=O)c1cccnc1-n1cccn1)C2. The van der Waals surface area contributed by atoms with Crippen molar-refractivity contribution in [1.29, 1.82) is 0 Å². The monoisotopic (exact) mass is 458 g/mol. The zero-order valence-corrected chi connectivity index (χ0v) is 17.7. The summed E-state index contributed by atoms with van der Waals surface area (Å²) < 4.78 is 47.2. The minimum Gasteiger partial charge on any atom is -0.492 e. The zero-order chi connectivity index (χ0) is 23.2. The molecule has 2 bridgehead atoms. The van der Waals surface area contributed by atoms with Gasteiger partial charge in [0.05, 0.1) is 12.7 Å². The molecule has 2 saturated heterocycles. The fourth-order valence-electron chi connectivity index (χ4n) is 4.77. The predicted molar refractivity (Wildman–Crippen MR) is 112 cm³/mol. The first-order valence-corrected chi connectivity index (χ1v) is 10.5. The van der Waals surface area contributed by atoms with Crippen molar-refractivity contribution >= 4 is 11.7 Å². The lowest BCUT2D eigenvalue weighted by atomic mass is 10.1. The second kappa shape index (κ2) is 8.05. The molecular weight excluding hydrogens is 437 g/mol. The summed E-state index contributed by atoms with van der Waals surface area (Å²) in [6.07, 6.45) is 3.01. The average Bonchev–Trinajstić information content (AvgIpc) is 3.43. The molecule has 0 N–H and O–H groups in total. The van der Waals surface area contributed by atoms with E-state index in [1.165, 1.54) is 11.8 Å². The Morgan fingerprint density at radius 2 is 1.76 bits per heavy atom. The number of piperazine rings is 1. The van der Waals surface area contributed by atoms with Gasteiger partial charge in [-0.3, -0.25) is 4.79 Å². The van der Waals surface area contributed by atoms with Gasteiger partial charge in [-0.15, -0.1) is 0 Å². The van der Waals surface area contributed by atoms with E-state index in [9.17, 15) is 18.0 Å². The van der Waals surface area contributed by atoms with E-state index >= 15 is 0 Å². The second-order valence-electron chi connectivity index (χ2n) is 8.04. The summed E-state index contributed by atoms with van der Waals surface area (Å²) >= 11 is 0. The number of likely N-dealkylation sites (tertiary alicyclic amines) is 1.